The monoisotopic (exact) mass is 236 g/mol. The van der Waals surface area contributed by atoms with Gasteiger partial charge in [-0.1, -0.05) is 12.1 Å². The van der Waals surface area contributed by atoms with Crippen LogP contribution in [0, 0.1) is 10.1 Å². The maximum Gasteiger partial charge on any atom is 0.269 e. The molecule has 0 aromatic heterocycles. The predicted octanol–water partition coefficient (Wildman–Crippen LogP) is 1.70. The van der Waals surface area contributed by atoms with E-state index in [-0.39, 0.29) is 17.5 Å². The number of nitro groups is 1. The number of hydrogen-bond donors (Lipinski definition) is 1. The van der Waals surface area contributed by atoms with Crippen molar-refractivity contribution in [3.05, 3.63) is 39.9 Å². The van der Waals surface area contributed by atoms with E-state index in [1.54, 1.807) is 12.1 Å². The van der Waals surface area contributed by atoms with Gasteiger partial charge in [0.05, 0.1) is 11.5 Å². The van der Waals surface area contributed by atoms with Crippen molar-refractivity contribution < 1.29 is 9.72 Å². The number of carbonyl (C=O) groups is 1. The molecule has 0 aliphatic heterocycles. The molecule has 0 saturated carbocycles. The number of rotatable bonds is 6. The van der Waals surface area contributed by atoms with Crippen molar-refractivity contribution in [3.8, 4) is 0 Å². The molecule has 0 radical (unpaired) electrons. The van der Waals surface area contributed by atoms with E-state index in [2.05, 4.69) is 5.32 Å². The molecule has 1 aromatic carbocycles. The number of carbonyl (C=O) groups excluding carboxylic acids is 1. The summed E-state index contributed by atoms with van der Waals surface area (Å²) in [4.78, 5) is 20.8. The second-order valence-corrected chi connectivity index (χ2v) is 4.11. The Morgan fingerprint density at radius 1 is 1.41 bits per heavy atom. The molecule has 0 aliphatic rings. The number of nitro benzene ring substituents is 1. The zero-order valence-electron chi connectivity index (χ0n) is 9.97. The highest BCUT2D eigenvalue weighted by Gasteiger charge is 2.07. The third-order valence-electron chi connectivity index (χ3n) is 2.39. The van der Waals surface area contributed by atoms with Crippen molar-refractivity contribution in [2.75, 3.05) is 6.54 Å². The summed E-state index contributed by atoms with van der Waals surface area (Å²) in [5.74, 6) is 0.0977. The van der Waals surface area contributed by atoms with Crippen molar-refractivity contribution in [2.45, 2.75) is 26.3 Å². The Morgan fingerprint density at radius 2 is 2.00 bits per heavy atom. The van der Waals surface area contributed by atoms with Crippen LogP contribution in [0.1, 0.15) is 19.4 Å². The Kier molecular flexibility index (Phi) is 4.78. The number of Topliss-reactive ketones (excluding diaryl/α,β-unsaturated/α-hetero) is 1. The van der Waals surface area contributed by atoms with Crippen LogP contribution in [0.4, 0.5) is 5.69 Å². The number of hydrogen-bond acceptors (Lipinski definition) is 4. The third-order valence-corrected chi connectivity index (χ3v) is 2.39. The van der Waals surface area contributed by atoms with Crippen molar-refractivity contribution in [1.29, 1.82) is 0 Å². The first-order chi connectivity index (χ1) is 7.99. The van der Waals surface area contributed by atoms with Crippen LogP contribution in [-0.4, -0.2) is 23.3 Å². The van der Waals surface area contributed by atoms with E-state index in [9.17, 15) is 14.9 Å². The average molecular weight is 236 g/mol. The van der Waals surface area contributed by atoms with Crippen LogP contribution in [-0.2, 0) is 11.2 Å². The molecule has 1 rings (SSSR count). The fourth-order valence-corrected chi connectivity index (χ4v) is 1.50. The molecular weight excluding hydrogens is 220 g/mol. The highest BCUT2D eigenvalue weighted by Crippen LogP contribution is 2.12. The van der Waals surface area contributed by atoms with E-state index in [0.29, 0.717) is 6.54 Å². The first-order valence-electron chi connectivity index (χ1n) is 5.45. The van der Waals surface area contributed by atoms with Crippen LogP contribution in [0.5, 0.6) is 0 Å². The third kappa shape index (κ3) is 4.74. The average Bonchev–Trinajstić information content (AvgIpc) is 2.27. The predicted molar refractivity (Wildman–Crippen MR) is 64.9 cm³/mol. The molecule has 0 saturated heterocycles. The van der Waals surface area contributed by atoms with Crippen LogP contribution in [0.15, 0.2) is 24.3 Å². The van der Waals surface area contributed by atoms with E-state index in [0.717, 1.165) is 12.0 Å². The minimum atomic E-state index is -0.415. The van der Waals surface area contributed by atoms with Gasteiger partial charge in [0.1, 0.15) is 5.78 Å². The van der Waals surface area contributed by atoms with Crippen molar-refractivity contribution in [3.63, 3.8) is 0 Å². The first-order valence-corrected chi connectivity index (χ1v) is 5.45. The van der Waals surface area contributed by atoms with E-state index < -0.39 is 4.92 Å². The minimum absolute atomic E-state index is 0.0955. The minimum Gasteiger partial charge on any atom is -0.307 e. The molecule has 0 spiro atoms. The standard InChI is InChI=1S/C12H16N2O3/c1-9(13-8-10(2)15)7-11-3-5-12(6-4-11)14(16)17/h3-6,9,13H,7-8H2,1-2H3. The van der Waals surface area contributed by atoms with Gasteiger partial charge in [-0.15, -0.1) is 0 Å². The molecule has 0 amide bonds. The van der Waals surface area contributed by atoms with Crippen LogP contribution in [0.2, 0.25) is 0 Å². The number of nitrogens with zero attached hydrogens (tertiary/aromatic N) is 1. The summed E-state index contributed by atoms with van der Waals surface area (Å²) in [7, 11) is 0. The van der Waals surface area contributed by atoms with Gasteiger partial charge in [0.15, 0.2) is 0 Å². The summed E-state index contributed by atoms with van der Waals surface area (Å²) < 4.78 is 0. The van der Waals surface area contributed by atoms with E-state index >= 15 is 0 Å². The Morgan fingerprint density at radius 3 is 2.47 bits per heavy atom. The summed E-state index contributed by atoms with van der Waals surface area (Å²) in [6, 6.07) is 6.63. The van der Waals surface area contributed by atoms with Gasteiger partial charge in [-0.05, 0) is 25.8 Å². The molecule has 0 heterocycles. The highest BCUT2D eigenvalue weighted by atomic mass is 16.6. The molecule has 5 heteroatoms. The molecule has 0 aliphatic carbocycles. The number of nitrogens with one attached hydrogen (secondary N) is 1. The summed E-state index contributed by atoms with van der Waals surface area (Å²) >= 11 is 0. The second-order valence-electron chi connectivity index (χ2n) is 4.11. The molecule has 0 bridgehead atoms. The Labute approximate surface area is 100.0 Å². The number of ketones is 1. The normalized spacial score (nSPS) is 12.1. The zero-order valence-corrected chi connectivity index (χ0v) is 9.97. The smallest absolute Gasteiger partial charge is 0.269 e. The molecule has 17 heavy (non-hydrogen) atoms. The van der Waals surface area contributed by atoms with E-state index in [1.165, 1.54) is 19.1 Å². The molecule has 1 N–H and O–H groups in total. The highest BCUT2D eigenvalue weighted by molar-refractivity contribution is 5.77. The second kappa shape index (κ2) is 6.10. The Bertz CT molecular complexity index is 401. The molecule has 1 atom stereocenters. The fourth-order valence-electron chi connectivity index (χ4n) is 1.50. The van der Waals surface area contributed by atoms with Gasteiger partial charge in [0.25, 0.3) is 5.69 Å². The van der Waals surface area contributed by atoms with Crippen molar-refractivity contribution in [1.82, 2.24) is 5.32 Å². The lowest BCUT2D eigenvalue weighted by molar-refractivity contribution is -0.384. The summed E-state index contributed by atoms with van der Waals surface area (Å²) in [5, 5.41) is 13.6. The molecule has 5 nitrogen and oxygen atoms in total. The van der Waals surface area contributed by atoms with Gasteiger partial charge in [-0.3, -0.25) is 14.9 Å². The summed E-state index contributed by atoms with van der Waals surface area (Å²) in [6.45, 7) is 3.87. The lowest BCUT2D eigenvalue weighted by Crippen LogP contribution is -2.32. The molecule has 1 unspecified atom stereocenters. The van der Waals surface area contributed by atoms with E-state index in [1.807, 2.05) is 6.92 Å². The topological polar surface area (TPSA) is 72.2 Å². The van der Waals surface area contributed by atoms with Gasteiger partial charge in [0.2, 0.25) is 0 Å². The van der Waals surface area contributed by atoms with Crippen LogP contribution >= 0.6 is 0 Å². The lowest BCUT2D eigenvalue weighted by atomic mass is 10.1. The lowest BCUT2D eigenvalue weighted by Gasteiger charge is -2.12. The Hall–Kier alpha value is -1.75. The maximum absolute atomic E-state index is 10.8. The van der Waals surface area contributed by atoms with Crippen LogP contribution in [0.3, 0.4) is 0 Å². The van der Waals surface area contributed by atoms with Gasteiger partial charge >= 0.3 is 0 Å². The van der Waals surface area contributed by atoms with Gasteiger partial charge < -0.3 is 5.32 Å². The van der Waals surface area contributed by atoms with Gasteiger partial charge in [-0.25, -0.2) is 0 Å². The zero-order chi connectivity index (χ0) is 12.8. The quantitative estimate of drug-likeness (QED) is 0.602. The molecule has 92 valence electrons. The van der Waals surface area contributed by atoms with Crippen LogP contribution in [0.25, 0.3) is 0 Å². The van der Waals surface area contributed by atoms with E-state index in [4.69, 9.17) is 0 Å². The first kappa shape index (κ1) is 13.3. The summed E-state index contributed by atoms with van der Waals surface area (Å²) in [5.41, 5.74) is 1.11. The van der Waals surface area contributed by atoms with Crippen LogP contribution < -0.4 is 5.32 Å². The summed E-state index contributed by atoms with van der Waals surface area (Å²) in [6.07, 6.45) is 0.741. The van der Waals surface area contributed by atoms with Gasteiger partial charge in [0, 0.05) is 18.2 Å². The fraction of sp³-hybridized carbons (Fsp3) is 0.417. The number of benzene rings is 1. The molecule has 0 fully saturated rings. The molecule has 1 aromatic rings. The SMILES string of the molecule is CC(=O)CNC(C)Cc1ccc([N+](=O)[O-])cc1. The van der Waals surface area contributed by atoms with Crippen molar-refractivity contribution in [2.24, 2.45) is 0 Å². The molecular formula is C12H16N2O3. The maximum atomic E-state index is 10.8. The van der Waals surface area contributed by atoms with Gasteiger partial charge in [-0.2, -0.15) is 0 Å². The van der Waals surface area contributed by atoms with Crippen molar-refractivity contribution >= 4 is 11.5 Å². The number of non-ortho nitro benzene ring substituents is 1. The largest absolute Gasteiger partial charge is 0.307 e. The Balaban J connectivity index is 2.51.